The predicted octanol–water partition coefficient (Wildman–Crippen LogP) is 2.65. The highest BCUT2D eigenvalue weighted by molar-refractivity contribution is 7.91. The van der Waals surface area contributed by atoms with Gasteiger partial charge in [-0.05, 0) is 24.6 Å². The number of phenols is 1. The Bertz CT molecular complexity index is 1270. The molecule has 1 amide bonds. The van der Waals surface area contributed by atoms with Gasteiger partial charge < -0.3 is 10.0 Å². The summed E-state index contributed by atoms with van der Waals surface area (Å²) in [5.41, 5.74) is 1.63. The number of para-hydroxylation sites is 1. The number of phenolic OH excluding ortho intramolecular Hbond substituents is 1. The average Bonchev–Trinajstić information content (AvgIpc) is 3.36. The van der Waals surface area contributed by atoms with Crippen LogP contribution < -0.4 is 0 Å². The largest absolute Gasteiger partial charge is 0.507 e. The number of benzene rings is 2. The SMILES string of the molecule is O=C1c2[nH]nc(-c3ccccc3O)c2C(c2ccccc2F)N1C1CCS(=O)(=O)C1. The topological polar surface area (TPSA) is 103 Å². The first-order valence-electron chi connectivity index (χ1n) is 9.51. The summed E-state index contributed by atoms with van der Waals surface area (Å²) < 4.78 is 39.0. The lowest BCUT2D eigenvalue weighted by atomic mass is 9.94. The minimum Gasteiger partial charge on any atom is -0.507 e. The van der Waals surface area contributed by atoms with Gasteiger partial charge in [0.1, 0.15) is 23.0 Å². The normalized spacial score (nSPS) is 22.4. The van der Waals surface area contributed by atoms with Crippen molar-refractivity contribution in [3.63, 3.8) is 0 Å². The lowest BCUT2D eigenvalue weighted by molar-refractivity contribution is 0.0675. The standard InChI is InChI=1S/C21H18FN3O4S/c22-15-7-3-1-5-13(15)20-17-18(14-6-2-4-8-16(14)26)23-24-19(17)21(27)25(20)12-9-10-30(28,29)11-12/h1-8,12,20,26H,9-11H2,(H,23,24). The van der Waals surface area contributed by atoms with Crippen LogP contribution in [0, 0.1) is 5.82 Å². The summed E-state index contributed by atoms with van der Waals surface area (Å²) >= 11 is 0. The van der Waals surface area contributed by atoms with Crippen LogP contribution in [0.15, 0.2) is 48.5 Å². The van der Waals surface area contributed by atoms with E-state index in [0.29, 0.717) is 23.2 Å². The zero-order valence-electron chi connectivity index (χ0n) is 15.7. The van der Waals surface area contributed by atoms with E-state index in [1.54, 1.807) is 36.4 Å². The summed E-state index contributed by atoms with van der Waals surface area (Å²) in [4.78, 5) is 14.7. The highest BCUT2D eigenvalue weighted by Gasteiger charge is 2.48. The number of carbonyl (C=O) groups is 1. The Morgan fingerprint density at radius 2 is 1.87 bits per heavy atom. The lowest BCUT2D eigenvalue weighted by Crippen LogP contribution is -2.40. The van der Waals surface area contributed by atoms with E-state index >= 15 is 0 Å². The zero-order chi connectivity index (χ0) is 21.0. The predicted molar refractivity (Wildman–Crippen MR) is 107 cm³/mol. The number of aromatic nitrogens is 2. The molecular weight excluding hydrogens is 409 g/mol. The van der Waals surface area contributed by atoms with E-state index in [2.05, 4.69) is 10.2 Å². The first-order valence-corrected chi connectivity index (χ1v) is 11.3. The van der Waals surface area contributed by atoms with Gasteiger partial charge in [0.2, 0.25) is 0 Å². The molecule has 1 saturated heterocycles. The Hall–Kier alpha value is -3.20. The van der Waals surface area contributed by atoms with E-state index in [-0.39, 0.29) is 28.5 Å². The van der Waals surface area contributed by atoms with E-state index in [0.717, 1.165) is 0 Å². The van der Waals surface area contributed by atoms with Crippen molar-refractivity contribution in [3.05, 3.63) is 71.2 Å². The maximum Gasteiger partial charge on any atom is 0.273 e. The molecule has 0 bridgehead atoms. The summed E-state index contributed by atoms with van der Waals surface area (Å²) in [6.45, 7) is 0. The van der Waals surface area contributed by atoms with Crippen molar-refractivity contribution in [1.82, 2.24) is 15.1 Å². The van der Waals surface area contributed by atoms with E-state index in [9.17, 15) is 22.7 Å². The third-order valence-corrected chi connectivity index (χ3v) is 7.52. The van der Waals surface area contributed by atoms with Gasteiger partial charge in [0.05, 0.1) is 17.5 Å². The number of hydrogen-bond donors (Lipinski definition) is 2. The third kappa shape index (κ3) is 2.80. The average molecular weight is 427 g/mol. The number of rotatable bonds is 3. The van der Waals surface area contributed by atoms with Crippen molar-refractivity contribution in [2.45, 2.75) is 18.5 Å². The second kappa shape index (κ2) is 6.66. The van der Waals surface area contributed by atoms with Crippen molar-refractivity contribution in [1.29, 1.82) is 0 Å². The maximum atomic E-state index is 14.9. The first-order chi connectivity index (χ1) is 14.4. The lowest BCUT2D eigenvalue weighted by Gasteiger charge is -2.31. The molecule has 3 heterocycles. The molecule has 1 fully saturated rings. The molecule has 5 rings (SSSR count). The molecule has 0 spiro atoms. The molecule has 2 unspecified atom stereocenters. The van der Waals surface area contributed by atoms with Gasteiger partial charge in [-0.15, -0.1) is 0 Å². The number of sulfone groups is 1. The van der Waals surface area contributed by atoms with Crippen LogP contribution in [0.4, 0.5) is 4.39 Å². The molecule has 2 atom stereocenters. The molecule has 30 heavy (non-hydrogen) atoms. The molecule has 1 aromatic heterocycles. The molecule has 2 N–H and O–H groups in total. The van der Waals surface area contributed by atoms with E-state index in [1.807, 2.05) is 0 Å². The molecule has 0 radical (unpaired) electrons. The van der Waals surface area contributed by atoms with Crippen molar-refractivity contribution >= 4 is 15.7 Å². The maximum absolute atomic E-state index is 14.9. The van der Waals surface area contributed by atoms with Crippen LogP contribution >= 0.6 is 0 Å². The molecule has 2 aliphatic heterocycles. The molecule has 0 saturated carbocycles. The van der Waals surface area contributed by atoms with Crippen LogP contribution in [0.25, 0.3) is 11.3 Å². The number of halogens is 1. The second-order valence-corrected chi connectivity index (χ2v) is 9.80. The number of nitrogens with zero attached hydrogens (tertiary/aromatic N) is 2. The van der Waals surface area contributed by atoms with Crippen LogP contribution in [0.1, 0.15) is 34.1 Å². The van der Waals surface area contributed by atoms with E-state index < -0.39 is 33.6 Å². The van der Waals surface area contributed by atoms with Crippen LogP contribution in [0.5, 0.6) is 5.75 Å². The fourth-order valence-corrected chi connectivity index (χ4v) is 6.13. The molecule has 154 valence electrons. The Morgan fingerprint density at radius 3 is 2.57 bits per heavy atom. The Morgan fingerprint density at radius 1 is 1.13 bits per heavy atom. The molecule has 9 heteroatoms. The van der Waals surface area contributed by atoms with E-state index in [1.165, 1.54) is 17.0 Å². The first kappa shape index (κ1) is 18.8. The van der Waals surface area contributed by atoms with Crippen molar-refractivity contribution in [3.8, 4) is 17.0 Å². The number of aromatic hydroxyl groups is 1. The van der Waals surface area contributed by atoms with Gasteiger partial charge in [0.25, 0.3) is 5.91 Å². The monoisotopic (exact) mass is 427 g/mol. The van der Waals surface area contributed by atoms with E-state index in [4.69, 9.17) is 0 Å². The molecule has 7 nitrogen and oxygen atoms in total. The molecule has 2 aromatic carbocycles. The van der Waals surface area contributed by atoms with Gasteiger partial charge in [-0.2, -0.15) is 5.10 Å². The quantitative estimate of drug-likeness (QED) is 0.669. The molecule has 3 aromatic rings. The number of amides is 1. The smallest absolute Gasteiger partial charge is 0.273 e. The number of carbonyl (C=O) groups excluding carboxylic acids is 1. The summed E-state index contributed by atoms with van der Waals surface area (Å²) in [7, 11) is -3.26. The van der Waals surface area contributed by atoms with Gasteiger partial charge in [0, 0.05) is 22.7 Å². The van der Waals surface area contributed by atoms with Gasteiger partial charge in [0.15, 0.2) is 9.84 Å². The highest BCUT2D eigenvalue weighted by Crippen LogP contribution is 2.46. The minimum atomic E-state index is -3.26. The Kier molecular flexibility index (Phi) is 4.18. The van der Waals surface area contributed by atoms with Crippen LogP contribution in [0.2, 0.25) is 0 Å². The minimum absolute atomic E-state index is 0.00997. The zero-order valence-corrected chi connectivity index (χ0v) is 16.6. The van der Waals surface area contributed by atoms with Crippen molar-refractivity contribution in [2.75, 3.05) is 11.5 Å². The van der Waals surface area contributed by atoms with Crippen molar-refractivity contribution in [2.24, 2.45) is 0 Å². The summed E-state index contributed by atoms with van der Waals surface area (Å²) in [6, 6.07) is 11.3. The van der Waals surface area contributed by atoms with Gasteiger partial charge in [-0.1, -0.05) is 30.3 Å². The number of aromatic amines is 1. The summed E-state index contributed by atoms with van der Waals surface area (Å²) in [5.74, 6) is -1.11. The fourth-order valence-electron chi connectivity index (χ4n) is 4.42. The Balaban J connectivity index is 1.72. The van der Waals surface area contributed by atoms with Crippen LogP contribution in [0.3, 0.4) is 0 Å². The van der Waals surface area contributed by atoms with Crippen LogP contribution in [-0.2, 0) is 9.84 Å². The van der Waals surface area contributed by atoms with Gasteiger partial charge in [-0.25, -0.2) is 12.8 Å². The molecular formula is C21H18FN3O4S. The van der Waals surface area contributed by atoms with Crippen molar-refractivity contribution < 1.29 is 22.7 Å². The third-order valence-electron chi connectivity index (χ3n) is 5.76. The summed E-state index contributed by atoms with van der Waals surface area (Å²) in [5, 5.41) is 17.3. The van der Waals surface area contributed by atoms with Gasteiger partial charge >= 0.3 is 0 Å². The fraction of sp³-hybridized carbons (Fsp3) is 0.238. The Labute approximate surface area is 172 Å². The second-order valence-electron chi connectivity index (χ2n) is 7.57. The number of H-pyrrole nitrogens is 1. The number of fused-ring (bicyclic) bond motifs is 1. The highest BCUT2D eigenvalue weighted by atomic mass is 32.2. The number of nitrogens with one attached hydrogen (secondary N) is 1. The number of hydrogen-bond acceptors (Lipinski definition) is 5. The summed E-state index contributed by atoms with van der Waals surface area (Å²) in [6.07, 6.45) is 0.294. The molecule has 2 aliphatic rings. The molecule has 0 aliphatic carbocycles. The van der Waals surface area contributed by atoms with Gasteiger partial charge in [-0.3, -0.25) is 9.89 Å². The van der Waals surface area contributed by atoms with Crippen LogP contribution in [-0.4, -0.2) is 52.1 Å².